The Morgan fingerprint density at radius 1 is 1.38 bits per heavy atom. The van der Waals surface area contributed by atoms with Crippen molar-refractivity contribution in [3.05, 3.63) is 29.0 Å². The van der Waals surface area contributed by atoms with E-state index in [1.165, 1.54) is 4.57 Å². The van der Waals surface area contributed by atoms with Gasteiger partial charge in [-0.1, -0.05) is 0 Å². The van der Waals surface area contributed by atoms with Crippen LogP contribution in [-0.2, 0) is 14.2 Å². The van der Waals surface area contributed by atoms with Crippen molar-refractivity contribution in [2.75, 3.05) is 0 Å². The van der Waals surface area contributed by atoms with Crippen LogP contribution < -0.4 is 11.2 Å². The lowest BCUT2D eigenvalue weighted by Gasteiger charge is -2.24. The van der Waals surface area contributed by atoms with Gasteiger partial charge in [-0.25, -0.2) is 4.79 Å². The third-order valence-electron chi connectivity index (χ3n) is 3.41. The highest BCUT2D eigenvalue weighted by Gasteiger charge is 2.55. The van der Waals surface area contributed by atoms with E-state index in [2.05, 4.69) is 20.9 Å². The largest absolute Gasteiger partial charge is 0.349 e. The summed E-state index contributed by atoms with van der Waals surface area (Å²) in [5, 5.41) is 0. The fourth-order valence-corrected chi connectivity index (χ4v) is 3.62. The minimum Gasteiger partial charge on any atom is -0.349 e. The molecule has 9 heteroatoms. The lowest BCUT2D eigenvalue weighted by atomic mass is 10.1. The van der Waals surface area contributed by atoms with Crippen molar-refractivity contribution in [2.45, 2.75) is 51.1 Å². The topological polar surface area (TPSA) is 82.6 Å². The molecule has 2 saturated heterocycles. The second kappa shape index (κ2) is 5.15. The van der Waals surface area contributed by atoms with Gasteiger partial charge in [-0.3, -0.25) is 14.3 Å². The third-order valence-corrected chi connectivity index (χ3v) is 5.95. The van der Waals surface area contributed by atoms with Crippen molar-refractivity contribution in [1.82, 2.24) is 9.55 Å². The quantitative estimate of drug-likeness (QED) is 0.490. The molecule has 2 fully saturated rings. The van der Waals surface area contributed by atoms with E-state index in [1.807, 2.05) is 22.6 Å². The standard InChI is InChI=1S/C12H14BrIN2O5/c1-4-6-7(21-12(2,3)20-6)10(19-4)16-8(14)5(13)9(17)15-11(16)18/h4,6-7,10H,1-3H3,(H,15,17,18)/t4-,6+,7?,10-/m1/s1/i1T. The summed E-state index contributed by atoms with van der Waals surface area (Å²) in [6.07, 6.45) is -2.19. The molecule has 3 rings (SSSR count). The monoisotopic (exact) mass is 474 g/mol. The van der Waals surface area contributed by atoms with Gasteiger partial charge < -0.3 is 14.2 Å². The van der Waals surface area contributed by atoms with Gasteiger partial charge in [0.15, 0.2) is 12.0 Å². The maximum Gasteiger partial charge on any atom is 0.331 e. The predicted octanol–water partition coefficient (Wildman–Crippen LogP) is 1.34. The third kappa shape index (κ3) is 2.52. The van der Waals surface area contributed by atoms with E-state index in [0.29, 0.717) is 3.70 Å². The summed E-state index contributed by atoms with van der Waals surface area (Å²) in [4.78, 5) is 26.1. The minimum atomic E-state index is -0.806. The molecule has 0 amide bonds. The van der Waals surface area contributed by atoms with Gasteiger partial charge in [-0.05, 0) is 59.3 Å². The first-order chi connectivity index (χ1) is 10.2. The molecule has 1 aromatic heterocycles. The van der Waals surface area contributed by atoms with E-state index in [0.717, 1.165) is 0 Å². The number of nitrogens with one attached hydrogen (secondary N) is 1. The molecule has 1 aromatic rings. The van der Waals surface area contributed by atoms with Crippen LogP contribution in [0.25, 0.3) is 0 Å². The van der Waals surface area contributed by atoms with E-state index < -0.39 is 41.6 Å². The van der Waals surface area contributed by atoms with Gasteiger partial charge >= 0.3 is 5.69 Å². The van der Waals surface area contributed by atoms with E-state index in [-0.39, 0.29) is 11.4 Å². The Morgan fingerprint density at radius 2 is 2.05 bits per heavy atom. The van der Waals surface area contributed by atoms with Crippen LogP contribution in [0.2, 0.25) is 0 Å². The average Bonchev–Trinajstić information content (AvgIpc) is 2.90. The van der Waals surface area contributed by atoms with Crippen LogP contribution in [0.15, 0.2) is 14.1 Å². The lowest BCUT2D eigenvalue weighted by Crippen LogP contribution is -2.39. The van der Waals surface area contributed by atoms with E-state index >= 15 is 0 Å². The Bertz CT molecular complexity index is 720. The Labute approximate surface area is 143 Å². The molecule has 0 radical (unpaired) electrons. The van der Waals surface area contributed by atoms with Crippen molar-refractivity contribution in [1.29, 1.82) is 0 Å². The van der Waals surface area contributed by atoms with Crippen LogP contribution in [0.5, 0.6) is 0 Å². The Morgan fingerprint density at radius 3 is 2.71 bits per heavy atom. The molecule has 2 aliphatic heterocycles. The molecule has 1 unspecified atom stereocenters. The Balaban J connectivity index is 2.08. The van der Waals surface area contributed by atoms with Crippen molar-refractivity contribution in [3.8, 4) is 0 Å². The number of ether oxygens (including phenoxy) is 3. The number of hydrogen-bond acceptors (Lipinski definition) is 5. The highest BCUT2D eigenvalue weighted by Crippen LogP contribution is 2.42. The fraction of sp³-hybridized carbons (Fsp3) is 0.667. The molecule has 4 atom stereocenters. The summed E-state index contributed by atoms with van der Waals surface area (Å²) in [5.41, 5.74) is -1.08. The number of nitrogens with zero attached hydrogens (tertiary/aromatic N) is 1. The van der Waals surface area contributed by atoms with Gasteiger partial charge in [0.2, 0.25) is 0 Å². The van der Waals surface area contributed by atoms with Crippen molar-refractivity contribution in [2.24, 2.45) is 0 Å². The van der Waals surface area contributed by atoms with Gasteiger partial charge in [-0.2, -0.15) is 0 Å². The number of H-pyrrole nitrogens is 1. The molecule has 0 aromatic carbocycles. The number of aromatic amines is 1. The van der Waals surface area contributed by atoms with Gasteiger partial charge in [0, 0.05) is 1.37 Å². The minimum absolute atomic E-state index is 0.00698. The van der Waals surface area contributed by atoms with E-state index in [4.69, 9.17) is 15.6 Å². The molecular formula is C12H14BrIN2O5. The lowest BCUT2D eigenvalue weighted by molar-refractivity contribution is -0.195. The Kier molecular flexibility index (Phi) is 3.52. The van der Waals surface area contributed by atoms with Crippen LogP contribution in [0.1, 0.15) is 28.3 Å². The molecule has 116 valence electrons. The number of rotatable bonds is 1. The zero-order valence-electron chi connectivity index (χ0n) is 12.3. The second-order valence-corrected chi connectivity index (χ2v) is 7.18. The number of fused-ring (bicyclic) bond motifs is 1. The van der Waals surface area contributed by atoms with Crippen LogP contribution in [0.4, 0.5) is 0 Å². The molecule has 3 heterocycles. The zero-order valence-corrected chi connectivity index (χ0v) is 15.0. The van der Waals surface area contributed by atoms with Crippen LogP contribution >= 0.6 is 38.5 Å². The van der Waals surface area contributed by atoms with E-state index in [1.54, 1.807) is 13.8 Å². The summed E-state index contributed by atoms with van der Waals surface area (Å²) in [6.45, 7) is 3.55. The second-order valence-electron chi connectivity index (χ2n) is 5.36. The first kappa shape index (κ1) is 14.4. The zero-order chi connectivity index (χ0) is 16.2. The number of halogens is 2. The summed E-state index contributed by atoms with van der Waals surface area (Å²) >= 11 is 5.06. The average molecular weight is 475 g/mol. The highest BCUT2D eigenvalue weighted by molar-refractivity contribution is 14.1. The maximum absolute atomic E-state index is 12.2. The van der Waals surface area contributed by atoms with Gasteiger partial charge in [0.05, 0.1) is 6.10 Å². The van der Waals surface area contributed by atoms with E-state index in [9.17, 15) is 9.59 Å². The molecule has 21 heavy (non-hydrogen) atoms. The summed E-state index contributed by atoms with van der Waals surface area (Å²) in [7, 11) is 0. The van der Waals surface area contributed by atoms with Gasteiger partial charge in [0.1, 0.15) is 20.4 Å². The molecule has 2 aliphatic rings. The number of aromatic nitrogens is 2. The maximum atomic E-state index is 12.2. The summed E-state index contributed by atoms with van der Waals surface area (Å²) in [6, 6.07) is 0. The smallest absolute Gasteiger partial charge is 0.331 e. The van der Waals surface area contributed by atoms with Crippen LogP contribution in [0.3, 0.4) is 0 Å². The van der Waals surface area contributed by atoms with Gasteiger partial charge in [0.25, 0.3) is 5.56 Å². The molecular weight excluding hydrogens is 459 g/mol. The van der Waals surface area contributed by atoms with Crippen molar-refractivity contribution >= 4 is 38.5 Å². The Hall–Kier alpha value is -0.230. The van der Waals surface area contributed by atoms with Crippen LogP contribution in [0, 0.1) is 3.70 Å². The normalized spacial score (nSPS) is 34.8. The first-order valence-electron chi connectivity index (χ1n) is 6.96. The van der Waals surface area contributed by atoms with Crippen molar-refractivity contribution in [3.63, 3.8) is 0 Å². The highest BCUT2D eigenvalue weighted by atomic mass is 127. The fourth-order valence-electron chi connectivity index (χ4n) is 2.60. The first-order valence-corrected chi connectivity index (χ1v) is 8.12. The molecule has 1 N–H and O–H groups in total. The number of hydrogen-bond donors (Lipinski definition) is 1. The predicted molar refractivity (Wildman–Crippen MR) is 85.1 cm³/mol. The van der Waals surface area contributed by atoms with Crippen LogP contribution in [-0.4, -0.2) is 33.7 Å². The summed E-state index contributed by atoms with van der Waals surface area (Å²) in [5.74, 6) is -0.806. The summed E-state index contributed by atoms with van der Waals surface area (Å²) < 4.78 is 27.0. The molecule has 0 spiro atoms. The SMILES string of the molecule is [3H]C[C@H]1O[C@@H](n2c(I)c(Br)c(=O)[nH]c2=O)C2OC(C)(C)O[C@H]21. The molecule has 0 bridgehead atoms. The van der Waals surface area contributed by atoms with Gasteiger partial charge in [-0.15, -0.1) is 0 Å². The molecule has 7 nitrogen and oxygen atoms in total. The van der Waals surface area contributed by atoms with Crippen molar-refractivity contribution < 1.29 is 15.6 Å². The molecule has 0 aliphatic carbocycles. The molecule has 0 saturated carbocycles.